The van der Waals surface area contributed by atoms with Crippen molar-refractivity contribution >= 4 is 22.4 Å². The highest BCUT2D eigenvalue weighted by Crippen LogP contribution is 2.29. The highest BCUT2D eigenvalue weighted by Gasteiger charge is 2.11. The molecule has 1 N–H and O–H groups in total. The molecule has 116 valence electrons. The minimum Gasteiger partial charge on any atom is -0.490 e. The van der Waals surface area contributed by atoms with Crippen molar-refractivity contribution in [3.05, 3.63) is 23.8 Å². The van der Waals surface area contributed by atoms with Gasteiger partial charge in [-0.25, -0.2) is 10.2 Å². The van der Waals surface area contributed by atoms with E-state index in [0.29, 0.717) is 12.2 Å². The lowest BCUT2D eigenvalue weighted by atomic mass is 10.2. The van der Waals surface area contributed by atoms with E-state index in [4.69, 9.17) is 8.92 Å². The number of rotatable bonds is 6. The number of hydrazone groups is 1. The Bertz CT molecular complexity index is 627. The fourth-order valence-corrected chi connectivity index (χ4v) is 1.77. The van der Waals surface area contributed by atoms with Crippen molar-refractivity contribution in [2.45, 2.75) is 6.92 Å². The second-order valence-corrected chi connectivity index (χ2v) is 5.36. The molecule has 1 aromatic carbocycles. The molecule has 21 heavy (non-hydrogen) atoms. The van der Waals surface area contributed by atoms with Crippen LogP contribution in [0.4, 0.5) is 4.79 Å². The van der Waals surface area contributed by atoms with E-state index in [1.807, 2.05) is 0 Å². The Labute approximate surface area is 122 Å². The topological polar surface area (TPSA) is 103 Å². The third kappa shape index (κ3) is 6.13. The zero-order valence-electron chi connectivity index (χ0n) is 11.8. The molecule has 8 nitrogen and oxygen atoms in total. The lowest BCUT2D eigenvalue weighted by Gasteiger charge is -2.10. The first-order valence-corrected chi connectivity index (χ1v) is 7.70. The van der Waals surface area contributed by atoms with Crippen LogP contribution in [0.5, 0.6) is 11.5 Å². The van der Waals surface area contributed by atoms with Crippen molar-refractivity contribution in [3.63, 3.8) is 0 Å². The van der Waals surface area contributed by atoms with Gasteiger partial charge >= 0.3 is 16.2 Å². The number of benzene rings is 1. The number of carbonyl (C=O) groups is 1. The predicted octanol–water partition coefficient (Wildman–Crippen LogP) is 1.11. The van der Waals surface area contributed by atoms with E-state index < -0.39 is 16.2 Å². The van der Waals surface area contributed by atoms with Gasteiger partial charge in [0, 0.05) is 0 Å². The van der Waals surface area contributed by atoms with E-state index in [0.717, 1.165) is 6.26 Å². The molecule has 9 heteroatoms. The monoisotopic (exact) mass is 316 g/mol. The van der Waals surface area contributed by atoms with Crippen LogP contribution in [0, 0.1) is 0 Å². The van der Waals surface area contributed by atoms with Crippen molar-refractivity contribution in [1.82, 2.24) is 5.43 Å². The summed E-state index contributed by atoms with van der Waals surface area (Å²) in [5.74, 6) is 0.336. The SMILES string of the molecule is CCOc1cc(/C=N/NC(=O)OC)ccc1OS(C)(=O)=O. The summed E-state index contributed by atoms with van der Waals surface area (Å²) in [7, 11) is -2.43. The lowest BCUT2D eigenvalue weighted by Crippen LogP contribution is -2.16. The third-order valence-corrected chi connectivity index (χ3v) is 2.55. The Morgan fingerprint density at radius 3 is 2.67 bits per heavy atom. The molecule has 0 heterocycles. The van der Waals surface area contributed by atoms with E-state index >= 15 is 0 Å². The molecule has 0 radical (unpaired) electrons. The van der Waals surface area contributed by atoms with Crippen LogP contribution in [-0.2, 0) is 14.9 Å². The number of carbonyl (C=O) groups excluding carboxylic acids is 1. The van der Waals surface area contributed by atoms with Gasteiger partial charge in [0.05, 0.1) is 26.2 Å². The van der Waals surface area contributed by atoms with Crippen LogP contribution in [0.15, 0.2) is 23.3 Å². The van der Waals surface area contributed by atoms with Crippen LogP contribution in [0.2, 0.25) is 0 Å². The van der Waals surface area contributed by atoms with Gasteiger partial charge in [0.25, 0.3) is 0 Å². The van der Waals surface area contributed by atoms with Crippen LogP contribution >= 0.6 is 0 Å². The number of hydrogen-bond donors (Lipinski definition) is 1. The van der Waals surface area contributed by atoms with Crippen LogP contribution in [-0.4, -0.2) is 40.7 Å². The molecule has 1 aromatic rings. The van der Waals surface area contributed by atoms with Gasteiger partial charge in [-0.15, -0.1) is 0 Å². The summed E-state index contributed by atoms with van der Waals surface area (Å²) in [6.45, 7) is 2.09. The fraction of sp³-hybridized carbons (Fsp3) is 0.333. The van der Waals surface area contributed by atoms with Gasteiger partial charge in [-0.05, 0) is 30.7 Å². The molecule has 1 rings (SSSR count). The largest absolute Gasteiger partial charge is 0.490 e. The summed E-state index contributed by atoms with van der Waals surface area (Å²) in [6.07, 6.45) is 1.59. The van der Waals surface area contributed by atoms with Gasteiger partial charge < -0.3 is 13.7 Å². The average Bonchev–Trinajstić information content (AvgIpc) is 2.40. The van der Waals surface area contributed by atoms with Crippen LogP contribution in [0.1, 0.15) is 12.5 Å². The summed E-state index contributed by atoms with van der Waals surface area (Å²) < 4.78 is 36.8. The summed E-state index contributed by atoms with van der Waals surface area (Å²) in [5, 5.41) is 3.65. The normalized spacial score (nSPS) is 11.2. The van der Waals surface area contributed by atoms with Crippen molar-refractivity contribution in [1.29, 1.82) is 0 Å². The number of hydrogen-bond acceptors (Lipinski definition) is 7. The highest BCUT2D eigenvalue weighted by molar-refractivity contribution is 7.86. The van der Waals surface area contributed by atoms with Gasteiger partial charge in [-0.3, -0.25) is 0 Å². The molecule has 0 saturated heterocycles. The van der Waals surface area contributed by atoms with Crippen molar-refractivity contribution in [2.24, 2.45) is 5.10 Å². The Hall–Kier alpha value is -2.29. The zero-order chi connectivity index (χ0) is 15.9. The van der Waals surface area contributed by atoms with Gasteiger partial charge in [-0.2, -0.15) is 13.5 Å². The smallest absolute Gasteiger partial charge is 0.427 e. The number of methoxy groups -OCH3 is 1. The molecule has 0 aromatic heterocycles. The average molecular weight is 316 g/mol. The molecule has 0 spiro atoms. The van der Waals surface area contributed by atoms with Crippen molar-refractivity contribution < 1.29 is 26.9 Å². The molecule has 0 fully saturated rings. The summed E-state index contributed by atoms with van der Waals surface area (Å²) in [5.41, 5.74) is 2.70. The molecule has 0 saturated carbocycles. The second kappa shape index (κ2) is 7.48. The molecular weight excluding hydrogens is 300 g/mol. The summed E-state index contributed by atoms with van der Waals surface area (Å²) >= 11 is 0. The first kappa shape index (κ1) is 16.8. The molecule has 1 amide bonds. The third-order valence-electron chi connectivity index (χ3n) is 2.06. The molecule has 0 aliphatic carbocycles. The van der Waals surface area contributed by atoms with E-state index in [9.17, 15) is 13.2 Å². The molecule has 0 bridgehead atoms. The lowest BCUT2D eigenvalue weighted by molar-refractivity contribution is 0.171. The molecule has 0 atom stereocenters. The van der Waals surface area contributed by atoms with Gasteiger partial charge in [0.1, 0.15) is 0 Å². The maximum Gasteiger partial charge on any atom is 0.427 e. The standard InChI is InChI=1S/C12H16N2O6S/c1-4-19-11-7-9(8-13-14-12(15)18-2)5-6-10(11)20-21(3,16)17/h5-8H,4H2,1-3H3,(H,14,15)/b13-8+. The second-order valence-electron chi connectivity index (χ2n) is 3.79. The number of amides is 1. The molecule has 0 aliphatic heterocycles. The van der Waals surface area contributed by atoms with Gasteiger partial charge in [0.15, 0.2) is 11.5 Å². The molecular formula is C12H16N2O6S. The number of ether oxygens (including phenoxy) is 2. The number of nitrogens with one attached hydrogen (secondary N) is 1. The zero-order valence-corrected chi connectivity index (χ0v) is 12.6. The quantitative estimate of drug-likeness (QED) is 0.479. The van der Waals surface area contributed by atoms with Gasteiger partial charge in [0.2, 0.25) is 0 Å². The predicted molar refractivity (Wildman–Crippen MR) is 76.2 cm³/mol. The Balaban J connectivity index is 2.94. The fourth-order valence-electron chi connectivity index (χ4n) is 1.31. The summed E-state index contributed by atoms with van der Waals surface area (Å²) in [6, 6.07) is 4.53. The molecule has 0 unspecified atom stereocenters. The minimum absolute atomic E-state index is 0.0810. The summed E-state index contributed by atoms with van der Waals surface area (Å²) in [4.78, 5) is 10.8. The van der Waals surface area contributed by atoms with Crippen LogP contribution in [0.3, 0.4) is 0 Å². The first-order chi connectivity index (χ1) is 9.85. The maximum atomic E-state index is 11.2. The minimum atomic E-state index is -3.65. The van der Waals surface area contributed by atoms with Crippen LogP contribution in [0.25, 0.3) is 0 Å². The Morgan fingerprint density at radius 2 is 2.10 bits per heavy atom. The maximum absolute atomic E-state index is 11.2. The van der Waals surface area contributed by atoms with E-state index in [1.54, 1.807) is 13.0 Å². The first-order valence-electron chi connectivity index (χ1n) is 5.89. The Kier molecular flexibility index (Phi) is 5.97. The van der Waals surface area contributed by atoms with E-state index in [1.165, 1.54) is 25.5 Å². The van der Waals surface area contributed by atoms with Crippen molar-refractivity contribution in [3.8, 4) is 11.5 Å². The van der Waals surface area contributed by atoms with Gasteiger partial charge in [-0.1, -0.05) is 0 Å². The van der Waals surface area contributed by atoms with E-state index in [2.05, 4.69) is 15.3 Å². The number of nitrogens with zero attached hydrogens (tertiary/aromatic N) is 1. The van der Waals surface area contributed by atoms with Crippen LogP contribution < -0.4 is 14.3 Å². The Morgan fingerprint density at radius 1 is 1.38 bits per heavy atom. The highest BCUT2D eigenvalue weighted by atomic mass is 32.2. The van der Waals surface area contributed by atoms with E-state index in [-0.39, 0.29) is 11.5 Å². The molecule has 0 aliphatic rings. The van der Waals surface area contributed by atoms with Crippen molar-refractivity contribution in [2.75, 3.05) is 20.0 Å².